The normalized spacial score (nSPS) is 16.5. The topological polar surface area (TPSA) is 100.0 Å². The molecular weight excluding hydrogens is 272 g/mol. The van der Waals surface area contributed by atoms with E-state index in [1.54, 1.807) is 12.3 Å². The van der Waals surface area contributed by atoms with Crippen LogP contribution in [0.25, 0.3) is 5.65 Å². The van der Waals surface area contributed by atoms with Gasteiger partial charge >= 0.3 is 5.97 Å². The molecule has 0 atom stereocenters. The maximum absolute atomic E-state index is 11.4. The standard InChI is InChI=1S/C13H18N6O2/c1-2-17-3-5-18(6-4-17)9-7-10(12(20)21)11-15-13(14)16-19(11)8-9/h7-8H,2-6H2,1H3,(H2,14,16)(H,20,21). The number of rotatable bonds is 3. The average Bonchev–Trinajstić information content (AvgIpc) is 2.86. The van der Waals surface area contributed by atoms with Gasteiger partial charge in [-0.15, -0.1) is 5.10 Å². The highest BCUT2D eigenvalue weighted by Crippen LogP contribution is 2.21. The Hall–Kier alpha value is -2.35. The van der Waals surface area contributed by atoms with Gasteiger partial charge in [0.15, 0.2) is 5.65 Å². The molecule has 0 aliphatic carbocycles. The van der Waals surface area contributed by atoms with E-state index in [0.29, 0.717) is 0 Å². The van der Waals surface area contributed by atoms with Crippen LogP contribution in [0, 0.1) is 0 Å². The predicted molar refractivity (Wildman–Crippen MR) is 78.7 cm³/mol. The Morgan fingerprint density at radius 2 is 2.10 bits per heavy atom. The van der Waals surface area contributed by atoms with Crippen LogP contribution in [0.4, 0.5) is 11.6 Å². The van der Waals surface area contributed by atoms with Gasteiger partial charge in [0.1, 0.15) is 5.56 Å². The van der Waals surface area contributed by atoms with Crippen molar-refractivity contribution < 1.29 is 9.90 Å². The monoisotopic (exact) mass is 290 g/mol. The summed E-state index contributed by atoms with van der Waals surface area (Å²) in [5, 5.41) is 13.4. The zero-order valence-electron chi connectivity index (χ0n) is 11.9. The van der Waals surface area contributed by atoms with E-state index in [-0.39, 0.29) is 17.2 Å². The van der Waals surface area contributed by atoms with Crippen LogP contribution in [0.2, 0.25) is 0 Å². The van der Waals surface area contributed by atoms with Gasteiger partial charge in [0.2, 0.25) is 5.95 Å². The van der Waals surface area contributed by atoms with Gasteiger partial charge in [-0.05, 0) is 12.6 Å². The lowest BCUT2D eigenvalue weighted by atomic mass is 10.2. The van der Waals surface area contributed by atoms with Crippen molar-refractivity contribution in [1.82, 2.24) is 19.5 Å². The van der Waals surface area contributed by atoms with Crippen LogP contribution in [0.3, 0.4) is 0 Å². The molecule has 8 heteroatoms. The lowest BCUT2D eigenvalue weighted by Gasteiger charge is -2.35. The van der Waals surface area contributed by atoms with Crippen LogP contribution in [0.1, 0.15) is 17.3 Å². The number of aromatic nitrogens is 3. The third-order valence-electron chi connectivity index (χ3n) is 3.85. The Morgan fingerprint density at radius 3 is 2.71 bits per heavy atom. The van der Waals surface area contributed by atoms with E-state index in [4.69, 9.17) is 5.73 Å². The summed E-state index contributed by atoms with van der Waals surface area (Å²) >= 11 is 0. The van der Waals surface area contributed by atoms with Crippen molar-refractivity contribution in [2.45, 2.75) is 6.92 Å². The second kappa shape index (κ2) is 5.21. The minimum Gasteiger partial charge on any atom is -0.478 e. The van der Waals surface area contributed by atoms with E-state index in [1.807, 2.05) is 0 Å². The molecule has 3 N–H and O–H groups in total. The number of nitrogen functional groups attached to an aromatic ring is 1. The van der Waals surface area contributed by atoms with Crippen molar-refractivity contribution in [2.75, 3.05) is 43.4 Å². The first-order valence-electron chi connectivity index (χ1n) is 6.95. The van der Waals surface area contributed by atoms with Gasteiger partial charge in [-0.3, -0.25) is 0 Å². The van der Waals surface area contributed by atoms with Crippen LogP contribution >= 0.6 is 0 Å². The van der Waals surface area contributed by atoms with Gasteiger partial charge in [-0.1, -0.05) is 6.92 Å². The number of carbonyl (C=O) groups is 1. The second-order valence-corrected chi connectivity index (χ2v) is 5.08. The highest BCUT2D eigenvalue weighted by atomic mass is 16.4. The zero-order chi connectivity index (χ0) is 15.0. The third-order valence-corrected chi connectivity index (χ3v) is 3.85. The minimum absolute atomic E-state index is 0.0745. The molecule has 1 saturated heterocycles. The molecule has 0 radical (unpaired) electrons. The van der Waals surface area contributed by atoms with Gasteiger partial charge in [0.25, 0.3) is 0 Å². The number of carboxylic acid groups (broad SMARTS) is 1. The van der Waals surface area contributed by atoms with Gasteiger partial charge in [0, 0.05) is 26.2 Å². The molecule has 3 heterocycles. The van der Waals surface area contributed by atoms with E-state index in [0.717, 1.165) is 38.4 Å². The average molecular weight is 290 g/mol. The summed E-state index contributed by atoms with van der Waals surface area (Å²) in [7, 11) is 0. The van der Waals surface area contributed by atoms with Crippen LogP contribution in [-0.4, -0.2) is 63.3 Å². The Morgan fingerprint density at radius 1 is 1.38 bits per heavy atom. The fourth-order valence-electron chi connectivity index (χ4n) is 2.64. The summed E-state index contributed by atoms with van der Waals surface area (Å²) in [5.74, 6) is -0.952. The van der Waals surface area contributed by atoms with E-state index in [9.17, 15) is 9.90 Å². The number of likely N-dealkylation sites (N-methyl/N-ethyl adjacent to an activating group) is 1. The number of piperazine rings is 1. The molecule has 0 aromatic carbocycles. The smallest absolute Gasteiger partial charge is 0.339 e. The Bertz CT molecular complexity index is 675. The first-order chi connectivity index (χ1) is 10.1. The largest absolute Gasteiger partial charge is 0.478 e. The number of hydrogen-bond donors (Lipinski definition) is 2. The lowest BCUT2D eigenvalue weighted by molar-refractivity contribution is 0.0698. The summed E-state index contributed by atoms with van der Waals surface area (Å²) in [4.78, 5) is 19.9. The molecule has 8 nitrogen and oxygen atoms in total. The van der Waals surface area contributed by atoms with Crippen LogP contribution in [-0.2, 0) is 0 Å². The molecule has 2 aromatic rings. The first-order valence-corrected chi connectivity index (χ1v) is 6.95. The van der Waals surface area contributed by atoms with E-state index in [1.165, 1.54) is 4.52 Å². The van der Waals surface area contributed by atoms with E-state index >= 15 is 0 Å². The van der Waals surface area contributed by atoms with Crippen molar-refractivity contribution in [3.63, 3.8) is 0 Å². The van der Waals surface area contributed by atoms with Crippen molar-refractivity contribution in [1.29, 1.82) is 0 Å². The number of hydrogen-bond acceptors (Lipinski definition) is 6. The molecule has 1 aliphatic rings. The Balaban J connectivity index is 1.97. The summed E-state index contributed by atoms with van der Waals surface area (Å²) in [6.45, 7) is 6.84. The Kier molecular flexibility index (Phi) is 3.38. The van der Waals surface area contributed by atoms with E-state index in [2.05, 4.69) is 26.8 Å². The molecule has 0 spiro atoms. The van der Waals surface area contributed by atoms with Gasteiger partial charge in [-0.2, -0.15) is 4.98 Å². The molecule has 0 bridgehead atoms. The molecule has 0 unspecified atom stereocenters. The summed E-state index contributed by atoms with van der Waals surface area (Å²) in [5.41, 5.74) is 6.80. The fourth-order valence-corrected chi connectivity index (χ4v) is 2.64. The minimum atomic E-state index is -1.03. The summed E-state index contributed by atoms with van der Waals surface area (Å²) in [6, 6.07) is 1.65. The number of aromatic carboxylic acids is 1. The molecule has 2 aromatic heterocycles. The number of pyridine rings is 1. The summed E-state index contributed by atoms with van der Waals surface area (Å²) < 4.78 is 1.44. The number of fused-ring (bicyclic) bond motifs is 1. The molecule has 0 amide bonds. The van der Waals surface area contributed by atoms with Crippen LogP contribution in [0.15, 0.2) is 12.3 Å². The van der Waals surface area contributed by atoms with Crippen molar-refractivity contribution >= 4 is 23.3 Å². The second-order valence-electron chi connectivity index (χ2n) is 5.08. The molecule has 0 saturated carbocycles. The SMILES string of the molecule is CCN1CCN(c2cc(C(=O)O)c3nc(N)nn3c2)CC1. The van der Waals surface area contributed by atoms with Crippen LogP contribution in [0.5, 0.6) is 0 Å². The van der Waals surface area contributed by atoms with E-state index < -0.39 is 5.97 Å². The molecule has 1 aliphatic heterocycles. The van der Waals surface area contributed by atoms with Crippen molar-refractivity contribution in [3.05, 3.63) is 17.8 Å². The summed E-state index contributed by atoms with van der Waals surface area (Å²) in [6.07, 6.45) is 1.78. The maximum atomic E-state index is 11.4. The number of nitrogens with two attached hydrogens (primary N) is 1. The first kappa shape index (κ1) is 13.6. The zero-order valence-corrected chi connectivity index (χ0v) is 11.9. The highest BCUT2D eigenvalue weighted by Gasteiger charge is 2.20. The van der Waals surface area contributed by atoms with Crippen molar-refractivity contribution in [3.8, 4) is 0 Å². The van der Waals surface area contributed by atoms with Crippen molar-refractivity contribution in [2.24, 2.45) is 0 Å². The molecular formula is C13H18N6O2. The lowest BCUT2D eigenvalue weighted by Crippen LogP contribution is -2.46. The fraction of sp³-hybridized carbons (Fsp3) is 0.462. The Labute approximate surface area is 121 Å². The van der Waals surface area contributed by atoms with Gasteiger partial charge in [-0.25, -0.2) is 9.31 Å². The number of anilines is 2. The maximum Gasteiger partial charge on any atom is 0.339 e. The quantitative estimate of drug-likeness (QED) is 0.830. The third kappa shape index (κ3) is 2.49. The number of nitrogens with zero attached hydrogens (tertiary/aromatic N) is 5. The number of carboxylic acids is 1. The van der Waals surface area contributed by atoms with Crippen LogP contribution < -0.4 is 10.6 Å². The van der Waals surface area contributed by atoms with Gasteiger partial charge in [0.05, 0.1) is 11.9 Å². The molecule has 21 heavy (non-hydrogen) atoms. The molecule has 112 valence electrons. The highest BCUT2D eigenvalue weighted by molar-refractivity contribution is 5.95. The van der Waals surface area contributed by atoms with Gasteiger partial charge < -0.3 is 20.6 Å². The molecule has 1 fully saturated rings. The predicted octanol–water partition coefficient (Wildman–Crippen LogP) is 0.152. The molecule has 3 rings (SSSR count).